The zero-order chi connectivity index (χ0) is 12.3. The van der Waals surface area contributed by atoms with Crippen molar-refractivity contribution >= 4 is 5.69 Å². The number of nitriles is 1. The highest BCUT2D eigenvalue weighted by atomic mass is 19.1. The van der Waals surface area contributed by atoms with Gasteiger partial charge in [-0.15, -0.1) is 0 Å². The number of hydrogen-bond acceptors (Lipinski definition) is 2. The van der Waals surface area contributed by atoms with Gasteiger partial charge in [-0.25, -0.2) is 4.39 Å². The fourth-order valence-electron chi connectivity index (χ4n) is 1.57. The van der Waals surface area contributed by atoms with E-state index in [1.807, 2.05) is 18.0 Å². The SMILES string of the molecule is CC(C)C(C)N(C)c1ccc(F)cc1C#N. The summed E-state index contributed by atoms with van der Waals surface area (Å²) >= 11 is 0. The Labute approximate surface area is 96.3 Å². The Hall–Kier alpha value is -1.56. The molecule has 0 saturated carbocycles. The van der Waals surface area contributed by atoms with E-state index < -0.39 is 0 Å². The molecule has 0 amide bonds. The molecule has 1 aromatic carbocycles. The number of hydrogen-bond donors (Lipinski definition) is 0. The van der Waals surface area contributed by atoms with E-state index in [0.717, 1.165) is 5.69 Å². The minimum Gasteiger partial charge on any atom is -0.371 e. The Balaban J connectivity index is 3.09. The molecule has 0 aromatic heterocycles. The molecule has 0 fully saturated rings. The minimum atomic E-state index is -0.370. The van der Waals surface area contributed by atoms with E-state index >= 15 is 0 Å². The molecule has 0 N–H and O–H groups in total. The van der Waals surface area contributed by atoms with E-state index in [1.165, 1.54) is 12.1 Å². The van der Waals surface area contributed by atoms with Crippen molar-refractivity contribution in [3.8, 4) is 6.07 Å². The van der Waals surface area contributed by atoms with Gasteiger partial charge >= 0.3 is 0 Å². The molecule has 1 unspecified atom stereocenters. The molecule has 16 heavy (non-hydrogen) atoms. The van der Waals surface area contributed by atoms with E-state index in [-0.39, 0.29) is 5.82 Å². The summed E-state index contributed by atoms with van der Waals surface area (Å²) in [6, 6.07) is 6.66. The van der Waals surface area contributed by atoms with Gasteiger partial charge < -0.3 is 4.90 Å². The summed E-state index contributed by atoms with van der Waals surface area (Å²) in [5.41, 5.74) is 1.17. The minimum absolute atomic E-state index is 0.303. The van der Waals surface area contributed by atoms with Gasteiger partial charge in [-0.2, -0.15) is 5.26 Å². The maximum Gasteiger partial charge on any atom is 0.124 e. The summed E-state index contributed by atoms with van der Waals surface area (Å²) in [6.07, 6.45) is 0. The van der Waals surface area contributed by atoms with Gasteiger partial charge in [0.25, 0.3) is 0 Å². The predicted molar refractivity (Wildman–Crippen MR) is 63.8 cm³/mol. The molecule has 0 saturated heterocycles. The van der Waals surface area contributed by atoms with Crippen molar-refractivity contribution < 1.29 is 4.39 Å². The monoisotopic (exact) mass is 220 g/mol. The smallest absolute Gasteiger partial charge is 0.124 e. The Morgan fingerprint density at radius 3 is 2.44 bits per heavy atom. The summed E-state index contributed by atoms with van der Waals surface area (Å²) in [5, 5.41) is 8.97. The van der Waals surface area contributed by atoms with Gasteiger partial charge in [-0.3, -0.25) is 0 Å². The van der Waals surface area contributed by atoms with Crippen molar-refractivity contribution in [3.05, 3.63) is 29.6 Å². The lowest BCUT2D eigenvalue weighted by molar-refractivity contribution is 0.505. The molecule has 2 nitrogen and oxygen atoms in total. The van der Waals surface area contributed by atoms with E-state index in [1.54, 1.807) is 6.07 Å². The topological polar surface area (TPSA) is 27.0 Å². The molecule has 0 aliphatic heterocycles. The van der Waals surface area contributed by atoms with E-state index in [4.69, 9.17) is 5.26 Å². The van der Waals surface area contributed by atoms with Gasteiger partial charge in [0.15, 0.2) is 0 Å². The molecule has 0 bridgehead atoms. The molecule has 1 aromatic rings. The predicted octanol–water partition coefficient (Wildman–Crippen LogP) is 3.18. The maximum atomic E-state index is 13.0. The zero-order valence-electron chi connectivity index (χ0n) is 10.2. The van der Waals surface area contributed by atoms with Gasteiger partial charge in [0, 0.05) is 13.1 Å². The molecule has 1 atom stereocenters. The first-order valence-electron chi connectivity index (χ1n) is 5.40. The summed E-state index contributed by atoms with van der Waals surface area (Å²) < 4.78 is 13.0. The summed E-state index contributed by atoms with van der Waals surface area (Å²) in [6.45, 7) is 6.34. The standard InChI is InChI=1S/C13H17FN2/c1-9(2)10(3)16(4)13-6-5-12(14)7-11(13)8-15/h5-7,9-10H,1-4H3. The number of benzene rings is 1. The molecule has 0 radical (unpaired) electrons. The Kier molecular flexibility index (Phi) is 3.89. The van der Waals surface area contributed by atoms with Crippen LogP contribution in [-0.2, 0) is 0 Å². The third-order valence-corrected chi connectivity index (χ3v) is 3.03. The van der Waals surface area contributed by atoms with Crippen molar-refractivity contribution in [1.29, 1.82) is 5.26 Å². The summed E-state index contributed by atoms with van der Waals surface area (Å²) in [5.74, 6) is 0.104. The quantitative estimate of drug-likeness (QED) is 0.782. The van der Waals surface area contributed by atoms with Crippen LogP contribution in [0.1, 0.15) is 26.3 Å². The fraction of sp³-hybridized carbons (Fsp3) is 0.462. The lowest BCUT2D eigenvalue weighted by Crippen LogP contribution is -2.33. The average molecular weight is 220 g/mol. The highest BCUT2D eigenvalue weighted by Gasteiger charge is 2.16. The van der Waals surface area contributed by atoms with Gasteiger partial charge in [-0.1, -0.05) is 13.8 Å². The normalized spacial score (nSPS) is 12.3. The van der Waals surface area contributed by atoms with Gasteiger partial charge in [0.1, 0.15) is 11.9 Å². The Bertz CT molecular complexity index is 407. The number of nitrogens with zero attached hydrogens (tertiary/aromatic N) is 2. The van der Waals surface area contributed by atoms with Gasteiger partial charge in [-0.05, 0) is 31.0 Å². The number of halogens is 1. The first kappa shape index (κ1) is 12.5. The Morgan fingerprint density at radius 2 is 1.94 bits per heavy atom. The van der Waals surface area contributed by atoms with Crippen molar-refractivity contribution in [2.24, 2.45) is 5.92 Å². The van der Waals surface area contributed by atoms with Crippen molar-refractivity contribution in [1.82, 2.24) is 0 Å². The Morgan fingerprint density at radius 1 is 1.31 bits per heavy atom. The molecule has 0 aliphatic carbocycles. The third kappa shape index (κ3) is 2.52. The van der Waals surface area contributed by atoms with Crippen LogP contribution in [0, 0.1) is 23.1 Å². The molecule has 0 aliphatic rings. The van der Waals surface area contributed by atoms with Crippen LogP contribution in [0.3, 0.4) is 0 Å². The van der Waals surface area contributed by atoms with E-state index in [9.17, 15) is 4.39 Å². The second kappa shape index (κ2) is 4.98. The van der Waals surface area contributed by atoms with Crippen LogP contribution < -0.4 is 4.90 Å². The molecular formula is C13H17FN2. The van der Waals surface area contributed by atoms with Crippen molar-refractivity contribution in [2.45, 2.75) is 26.8 Å². The first-order valence-corrected chi connectivity index (χ1v) is 5.40. The van der Waals surface area contributed by atoms with Gasteiger partial charge in [0.05, 0.1) is 11.3 Å². The van der Waals surface area contributed by atoms with Crippen LogP contribution >= 0.6 is 0 Å². The lowest BCUT2D eigenvalue weighted by Gasteiger charge is -2.30. The first-order chi connectivity index (χ1) is 7.47. The molecule has 3 heteroatoms. The largest absolute Gasteiger partial charge is 0.371 e. The molecule has 0 spiro atoms. The van der Waals surface area contributed by atoms with Crippen LogP contribution in [-0.4, -0.2) is 13.1 Å². The van der Waals surface area contributed by atoms with Crippen LogP contribution in [0.2, 0.25) is 0 Å². The van der Waals surface area contributed by atoms with Crippen molar-refractivity contribution in [2.75, 3.05) is 11.9 Å². The lowest BCUT2D eigenvalue weighted by atomic mass is 10.0. The van der Waals surface area contributed by atoms with Crippen LogP contribution in [0.5, 0.6) is 0 Å². The average Bonchev–Trinajstić information content (AvgIpc) is 2.26. The van der Waals surface area contributed by atoms with Crippen LogP contribution in [0.25, 0.3) is 0 Å². The van der Waals surface area contributed by atoms with Gasteiger partial charge in [0.2, 0.25) is 0 Å². The molecule has 0 heterocycles. The van der Waals surface area contributed by atoms with Crippen LogP contribution in [0.4, 0.5) is 10.1 Å². The van der Waals surface area contributed by atoms with Crippen molar-refractivity contribution in [3.63, 3.8) is 0 Å². The molecule has 86 valence electrons. The summed E-state index contributed by atoms with van der Waals surface area (Å²) in [7, 11) is 1.93. The van der Waals surface area contributed by atoms with Crippen LogP contribution in [0.15, 0.2) is 18.2 Å². The van der Waals surface area contributed by atoms with E-state index in [0.29, 0.717) is 17.5 Å². The fourth-order valence-corrected chi connectivity index (χ4v) is 1.57. The van der Waals surface area contributed by atoms with E-state index in [2.05, 4.69) is 20.8 Å². The summed E-state index contributed by atoms with van der Waals surface area (Å²) in [4.78, 5) is 2.02. The highest BCUT2D eigenvalue weighted by molar-refractivity contribution is 5.59. The second-order valence-electron chi connectivity index (χ2n) is 4.37. The zero-order valence-corrected chi connectivity index (χ0v) is 10.2. The molecular weight excluding hydrogens is 203 g/mol. The maximum absolute atomic E-state index is 13.0. The number of rotatable bonds is 3. The third-order valence-electron chi connectivity index (χ3n) is 3.03. The number of anilines is 1. The second-order valence-corrected chi connectivity index (χ2v) is 4.37. The highest BCUT2D eigenvalue weighted by Crippen LogP contribution is 2.23. The molecule has 1 rings (SSSR count).